The van der Waals surface area contributed by atoms with Crippen molar-refractivity contribution in [2.45, 2.75) is 12.8 Å². The number of hydrogen-bond donors (Lipinski definition) is 0. The van der Waals surface area contributed by atoms with Gasteiger partial charge in [-0.15, -0.1) is 10.2 Å². The lowest BCUT2D eigenvalue weighted by molar-refractivity contribution is -0.119. The van der Waals surface area contributed by atoms with Gasteiger partial charge in [0.2, 0.25) is 0 Å². The maximum Gasteiger partial charge on any atom is 0.151 e. The molecule has 3 rings (SSSR count). The highest BCUT2D eigenvalue weighted by atomic mass is 35.5. The Kier molecular flexibility index (Phi) is 4.08. The molecule has 0 bridgehead atoms. The molecule has 1 aliphatic rings. The van der Waals surface area contributed by atoms with Gasteiger partial charge in [-0.1, -0.05) is 29.3 Å². The molecular formula is C15H13Cl2N3O. The molecule has 1 saturated heterocycles. The Morgan fingerprint density at radius 1 is 0.952 bits per heavy atom. The smallest absolute Gasteiger partial charge is 0.151 e. The van der Waals surface area contributed by atoms with Crippen LogP contribution in [0.15, 0.2) is 30.3 Å². The molecule has 0 N–H and O–H groups in total. The summed E-state index contributed by atoms with van der Waals surface area (Å²) in [6.45, 7) is 1.42. The van der Waals surface area contributed by atoms with Crippen LogP contribution in [0.2, 0.25) is 10.0 Å². The van der Waals surface area contributed by atoms with Crippen molar-refractivity contribution >= 4 is 34.8 Å². The van der Waals surface area contributed by atoms with Gasteiger partial charge < -0.3 is 4.90 Å². The molecule has 21 heavy (non-hydrogen) atoms. The van der Waals surface area contributed by atoms with Gasteiger partial charge in [0.1, 0.15) is 5.78 Å². The summed E-state index contributed by atoms with van der Waals surface area (Å²) in [5.74, 6) is 1.11. The molecule has 4 nitrogen and oxygen atoms in total. The highest BCUT2D eigenvalue weighted by Crippen LogP contribution is 2.28. The molecule has 6 heteroatoms. The molecule has 1 aromatic heterocycles. The number of anilines is 1. The number of benzene rings is 1. The van der Waals surface area contributed by atoms with Gasteiger partial charge in [0, 0.05) is 31.5 Å². The van der Waals surface area contributed by atoms with E-state index in [0.717, 1.165) is 17.1 Å². The maximum atomic E-state index is 11.3. The standard InChI is InChI=1S/C15H13Cl2N3O/c16-12-2-1-10(9-13(12)17)14-3-4-15(19-18-14)20-7-5-11(21)6-8-20/h1-4,9H,5-8H2. The average molecular weight is 322 g/mol. The fraction of sp³-hybridized carbons (Fsp3) is 0.267. The van der Waals surface area contributed by atoms with E-state index in [1.807, 2.05) is 18.2 Å². The van der Waals surface area contributed by atoms with Gasteiger partial charge in [0.05, 0.1) is 15.7 Å². The first-order valence-corrected chi connectivity index (χ1v) is 7.45. The molecular weight excluding hydrogens is 309 g/mol. The predicted octanol–water partition coefficient (Wildman–Crippen LogP) is 3.62. The fourth-order valence-electron chi connectivity index (χ4n) is 2.29. The van der Waals surface area contributed by atoms with Gasteiger partial charge in [-0.05, 0) is 24.3 Å². The Hall–Kier alpha value is -1.65. The lowest BCUT2D eigenvalue weighted by atomic mass is 10.1. The van der Waals surface area contributed by atoms with Crippen molar-refractivity contribution in [1.82, 2.24) is 10.2 Å². The number of ketones is 1. The number of rotatable bonds is 2. The van der Waals surface area contributed by atoms with E-state index in [9.17, 15) is 4.79 Å². The second-order valence-corrected chi connectivity index (χ2v) is 5.75. The third-order valence-corrected chi connectivity index (χ3v) is 4.25. The Labute approximate surface area is 132 Å². The van der Waals surface area contributed by atoms with Crippen molar-refractivity contribution in [1.29, 1.82) is 0 Å². The Balaban J connectivity index is 1.80. The Morgan fingerprint density at radius 2 is 1.71 bits per heavy atom. The van der Waals surface area contributed by atoms with Crippen molar-refractivity contribution in [2.24, 2.45) is 0 Å². The van der Waals surface area contributed by atoms with Crippen molar-refractivity contribution in [3.8, 4) is 11.3 Å². The monoisotopic (exact) mass is 321 g/mol. The van der Waals surface area contributed by atoms with E-state index in [4.69, 9.17) is 23.2 Å². The number of piperidine rings is 1. The first-order chi connectivity index (χ1) is 10.1. The van der Waals surface area contributed by atoms with E-state index in [-0.39, 0.29) is 0 Å². The van der Waals surface area contributed by atoms with E-state index in [1.54, 1.807) is 12.1 Å². The highest BCUT2D eigenvalue weighted by Gasteiger charge is 2.17. The zero-order valence-corrected chi connectivity index (χ0v) is 12.7. The quantitative estimate of drug-likeness (QED) is 0.847. The number of halogens is 2. The van der Waals surface area contributed by atoms with Crippen LogP contribution in [0.1, 0.15) is 12.8 Å². The third kappa shape index (κ3) is 3.17. The topological polar surface area (TPSA) is 46.1 Å². The largest absolute Gasteiger partial charge is 0.354 e. The van der Waals surface area contributed by atoms with Crippen LogP contribution < -0.4 is 4.90 Å². The van der Waals surface area contributed by atoms with Crippen molar-refractivity contribution in [3.63, 3.8) is 0 Å². The first-order valence-electron chi connectivity index (χ1n) is 6.69. The van der Waals surface area contributed by atoms with Crippen molar-refractivity contribution in [3.05, 3.63) is 40.4 Å². The van der Waals surface area contributed by atoms with Crippen LogP contribution in [0.4, 0.5) is 5.82 Å². The minimum Gasteiger partial charge on any atom is -0.354 e. The summed E-state index contributed by atoms with van der Waals surface area (Å²) >= 11 is 11.9. The SMILES string of the molecule is O=C1CCN(c2ccc(-c3ccc(Cl)c(Cl)c3)nn2)CC1. The third-order valence-electron chi connectivity index (χ3n) is 3.51. The highest BCUT2D eigenvalue weighted by molar-refractivity contribution is 6.42. The van der Waals surface area contributed by atoms with Crippen molar-refractivity contribution in [2.75, 3.05) is 18.0 Å². The molecule has 108 valence electrons. The molecule has 2 aromatic rings. The number of carbonyl (C=O) groups is 1. The summed E-state index contributed by atoms with van der Waals surface area (Å²) in [5, 5.41) is 9.49. The van der Waals surface area contributed by atoms with Crippen molar-refractivity contribution < 1.29 is 4.79 Å². The second kappa shape index (κ2) is 6.00. The van der Waals surface area contributed by atoms with Gasteiger partial charge >= 0.3 is 0 Å². The fourth-order valence-corrected chi connectivity index (χ4v) is 2.59. The zero-order valence-electron chi connectivity index (χ0n) is 11.2. The number of aromatic nitrogens is 2. The maximum absolute atomic E-state index is 11.3. The molecule has 0 amide bonds. The van der Waals surface area contributed by atoms with Crippen LogP contribution in [0.5, 0.6) is 0 Å². The number of Topliss-reactive ketones (excluding diaryl/α,β-unsaturated/α-hetero) is 1. The summed E-state index contributed by atoms with van der Waals surface area (Å²) in [6.07, 6.45) is 1.16. The van der Waals surface area contributed by atoms with E-state index >= 15 is 0 Å². The summed E-state index contributed by atoms with van der Waals surface area (Å²) in [4.78, 5) is 13.3. The van der Waals surface area contributed by atoms with Gasteiger partial charge in [-0.3, -0.25) is 4.79 Å². The van der Waals surface area contributed by atoms with Crippen LogP contribution in [-0.2, 0) is 4.79 Å². The van der Waals surface area contributed by atoms with Gasteiger partial charge in [0.25, 0.3) is 0 Å². The van der Waals surface area contributed by atoms with Crippen LogP contribution in [-0.4, -0.2) is 29.1 Å². The van der Waals surface area contributed by atoms with Crippen LogP contribution in [0.3, 0.4) is 0 Å². The normalized spacial score (nSPS) is 15.3. The van der Waals surface area contributed by atoms with E-state index < -0.39 is 0 Å². The Morgan fingerprint density at radius 3 is 2.33 bits per heavy atom. The summed E-state index contributed by atoms with van der Waals surface area (Å²) < 4.78 is 0. The molecule has 0 unspecified atom stereocenters. The summed E-state index contributed by atoms with van der Waals surface area (Å²) in [5.41, 5.74) is 1.61. The molecule has 1 fully saturated rings. The molecule has 0 aliphatic carbocycles. The molecule has 0 saturated carbocycles. The number of nitrogens with zero attached hydrogens (tertiary/aromatic N) is 3. The van der Waals surface area contributed by atoms with Gasteiger partial charge in [-0.2, -0.15) is 0 Å². The minimum atomic E-state index is 0.312. The molecule has 1 aromatic carbocycles. The van der Waals surface area contributed by atoms with Crippen LogP contribution in [0, 0.1) is 0 Å². The molecule has 0 spiro atoms. The van der Waals surface area contributed by atoms with Crippen LogP contribution >= 0.6 is 23.2 Å². The van der Waals surface area contributed by atoms with E-state index in [0.29, 0.717) is 41.8 Å². The predicted molar refractivity (Wildman–Crippen MR) is 83.9 cm³/mol. The molecule has 2 heterocycles. The Bertz CT molecular complexity index is 663. The van der Waals surface area contributed by atoms with Gasteiger partial charge in [0.15, 0.2) is 5.82 Å². The zero-order chi connectivity index (χ0) is 14.8. The molecule has 0 atom stereocenters. The molecule has 0 radical (unpaired) electrons. The molecule has 1 aliphatic heterocycles. The number of hydrogen-bond acceptors (Lipinski definition) is 4. The first kappa shape index (κ1) is 14.3. The van der Waals surface area contributed by atoms with E-state index in [1.165, 1.54) is 0 Å². The second-order valence-electron chi connectivity index (χ2n) is 4.93. The van der Waals surface area contributed by atoms with Gasteiger partial charge in [-0.25, -0.2) is 0 Å². The summed E-state index contributed by atoms with van der Waals surface area (Å²) in [7, 11) is 0. The number of carbonyl (C=O) groups excluding carboxylic acids is 1. The van der Waals surface area contributed by atoms with E-state index in [2.05, 4.69) is 15.1 Å². The lowest BCUT2D eigenvalue weighted by Gasteiger charge is -2.26. The summed E-state index contributed by atoms with van der Waals surface area (Å²) in [6, 6.07) is 9.19. The average Bonchev–Trinajstić information content (AvgIpc) is 2.51. The van der Waals surface area contributed by atoms with Crippen LogP contribution in [0.25, 0.3) is 11.3 Å². The minimum absolute atomic E-state index is 0.312. The lowest BCUT2D eigenvalue weighted by Crippen LogP contribution is -2.34.